The van der Waals surface area contributed by atoms with Crippen LogP contribution in [0, 0.1) is 0 Å². The predicted molar refractivity (Wildman–Crippen MR) is 118 cm³/mol. The molecule has 1 saturated heterocycles. The van der Waals surface area contributed by atoms with Crippen molar-refractivity contribution in [1.82, 2.24) is 25.0 Å². The summed E-state index contributed by atoms with van der Waals surface area (Å²) in [5, 5.41) is 12.9. The normalized spacial score (nSPS) is 15.0. The average molecular weight is 416 g/mol. The SMILES string of the molecule is CCC(CC)NC(=O)CSc1nnc(CN2CCCCC2)n1Cc1ccccc1. The third-order valence-corrected chi connectivity index (χ3v) is 6.44. The van der Waals surface area contributed by atoms with Gasteiger partial charge in [-0.25, -0.2) is 0 Å². The van der Waals surface area contributed by atoms with Crippen LogP contribution in [-0.2, 0) is 17.9 Å². The van der Waals surface area contributed by atoms with E-state index in [2.05, 4.69) is 63.1 Å². The first-order valence-electron chi connectivity index (χ1n) is 10.8. The van der Waals surface area contributed by atoms with Gasteiger partial charge in [0.15, 0.2) is 5.16 Å². The molecule has 2 aromatic rings. The number of hydrogen-bond acceptors (Lipinski definition) is 5. The molecule has 0 saturated carbocycles. The van der Waals surface area contributed by atoms with Gasteiger partial charge in [0.2, 0.25) is 5.91 Å². The number of aromatic nitrogens is 3. The minimum Gasteiger partial charge on any atom is -0.353 e. The molecule has 1 aliphatic rings. The number of amides is 1. The minimum atomic E-state index is 0.0653. The minimum absolute atomic E-state index is 0.0653. The molecule has 0 unspecified atom stereocenters. The van der Waals surface area contributed by atoms with Crippen LogP contribution >= 0.6 is 11.8 Å². The summed E-state index contributed by atoms with van der Waals surface area (Å²) in [6, 6.07) is 10.6. The molecular weight excluding hydrogens is 382 g/mol. The van der Waals surface area contributed by atoms with Crippen molar-refractivity contribution in [2.24, 2.45) is 0 Å². The Morgan fingerprint density at radius 3 is 2.48 bits per heavy atom. The molecule has 0 aliphatic carbocycles. The predicted octanol–water partition coefficient (Wildman–Crippen LogP) is 3.71. The summed E-state index contributed by atoms with van der Waals surface area (Å²) >= 11 is 1.48. The molecule has 2 heterocycles. The number of likely N-dealkylation sites (tertiary alicyclic amines) is 1. The lowest BCUT2D eigenvalue weighted by atomic mass is 10.1. The van der Waals surface area contributed by atoms with Crippen LogP contribution in [0.3, 0.4) is 0 Å². The van der Waals surface area contributed by atoms with Gasteiger partial charge < -0.3 is 9.88 Å². The topological polar surface area (TPSA) is 63.1 Å². The number of nitrogens with one attached hydrogen (secondary N) is 1. The van der Waals surface area contributed by atoms with E-state index in [1.807, 2.05) is 6.07 Å². The van der Waals surface area contributed by atoms with E-state index in [0.717, 1.165) is 50.0 Å². The van der Waals surface area contributed by atoms with Crippen molar-refractivity contribution in [3.8, 4) is 0 Å². The zero-order chi connectivity index (χ0) is 20.5. The number of hydrogen-bond donors (Lipinski definition) is 1. The van der Waals surface area contributed by atoms with E-state index in [0.29, 0.717) is 5.75 Å². The van der Waals surface area contributed by atoms with Crippen LogP contribution in [0.1, 0.15) is 57.3 Å². The largest absolute Gasteiger partial charge is 0.353 e. The van der Waals surface area contributed by atoms with E-state index in [1.54, 1.807) is 0 Å². The number of rotatable bonds is 10. The smallest absolute Gasteiger partial charge is 0.230 e. The fraction of sp³-hybridized carbons (Fsp3) is 0.591. The first kappa shape index (κ1) is 21.8. The number of carbonyl (C=O) groups excluding carboxylic acids is 1. The van der Waals surface area contributed by atoms with E-state index < -0.39 is 0 Å². The molecule has 0 atom stereocenters. The van der Waals surface area contributed by atoms with Crippen molar-refractivity contribution in [3.05, 3.63) is 41.7 Å². The zero-order valence-electron chi connectivity index (χ0n) is 17.6. The Bertz CT molecular complexity index is 754. The first-order chi connectivity index (χ1) is 14.2. The highest BCUT2D eigenvalue weighted by molar-refractivity contribution is 7.99. The molecule has 1 aromatic heterocycles. The molecule has 1 fully saturated rings. The first-order valence-corrected chi connectivity index (χ1v) is 11.8. The highest BCUT2D eigenvalue weighted by Crippen LogP contribution is 2.21. The Hall–Kier alpha value is -1.86. The van der Waals surface area contributed by atoms with Crippen molar-refractivity contribution >= 4 is 17.7 Å². The van der Waals surface area contributed by atoms with Gasteiger partial charge in [-0.2, -0.15) is 0 Å². The summed E-state index contributed by atoms with van der Waals surface area (Å²) in [4.78, 5) is 14.8. The van der Waals surface area contributed by atoms with Crippen molar-refractivity contribution in [1.29, 1.82) is 0 Å². The molecule has 29 heavy (non-hydrogen) atoms. The third-order valence-electron chi connectivity index (χ3n) is 5.47. The summed E-state index contributed by atoms with van der Waals surface area (Å²) in [7, 11) is 0. The molecule has 3 rings (SSSR count). The van der Waals surface area contributed by atoms with Crippen molar-refractivity contribution < 1.29 is 4.79 Å². The van der Waals surface area contributed by atoms with Gasteiger partial charge in [-0.15, -0.1) is 10.2 Å². The molecular formula is C22H33N5OS. The second-order valence-electron chi connectivity index (χ2n) is 7.68. The molecule has 1 N–H and O–H groups in total. The maximum absolute atomic E-state index is 12.3. The Morgan fingerprint density at radius 1 is 1.07 bits per heavy atom. The van der Waals surface area contributed by atoms with Gasteiger partial charge in [0.05, 0.1) is 18.8 Å². The quantitative estimate of drug-likeness (QED) is 0.600. The molecule has 0 radical (unpaired) electrons. The van der Waals surface area contributed by atoms with E-state index in [9.17, 15) is 4.79 Å². The second kappa shape index (κ2) is 11.4. The van der Waals surface area contributed by atoms with Crippen LogP contribution in [0.25, 0.3) is 0 Å². The Morgan fingerprint density at radius 2 is 1.79 bits per heavy atom. The summed E-state index contributed by atoms with van der Waals surface area (Å²) in [5.41, 5.74) is 1.22. The van der Waals surface area contributed by atoms with Gasteiger partial charge in [0, 0.05) is 6.04 Å². The average Bonchev–Trinajstić information content (AvgIpc) is 3.13. The van der Waals surface area contributed by atoms with Crippen LogP contribution in [0.2, 0.25) is 0 Å². The molecule has 6 nitrogen and oxygen atoms in total. The van der Waals surface area contributed by atoms with Gasteiger partial charge in [-0.05, 0) is 44.3 Å². The van der Waals surface area contributed by atoms with Gasteiger partial charge in [0.25, 0.3) is 0 Å². The number of benzene rings is 1. The monoisotopic (exact) mass is 415 g/mol. The van der Waals surface area contributed by atoms with E-state index >= 15 is 0 Å². The van der Waals surface area contributed by atoms with Crippen molar-refractivity contribution in [2.45, 2.75) is 70.2 Å². The van der Waals surface area contributed by atoms with Crippen molar-refractivity contribution in [2.75, 3.05) is 18.8 Å². The fourth-order valence-electron chi connectivity index (χ4n) is 3.68. The molecule has 0 bridgehead atoms. The highest BCUT2D eigenvalue weighted by atomic mass is 32.2. The molecule has 1 aromatic carbocycles. The molecule has 0 spiro atoms. The maximum Gasteiger partial charge on any atom is 0.230 e. The van der Waals surface area contributed by atoms with Crippen LogP contribution in [0.4, 0.5) is 0 Å². The van der Waals surface area contributed by atoms with E-state index in [4.69, 9.17) is 0 Å². The zero-order valence-corrected chi connectivity index (χ0v) is 18.5. The Labute approximate surface area is 178 Å². The van der Waals surface area contributed by atoms with Crippen LogP contribution in [0.5, 0.6) is 0 Å². The van der Waals surface area contributed by atoms with Crippen LogP contribution < -0.4 is 5.32 Å². The van der Waals surface area contributed by atoms with E-state index in [-0.39, 0.29) is 11.9 Å². The number of carbonyl (C=O) groups is 1. The molecule has 158 valence electrons. The maximum atomic E-state index is 12.3. The summed E-state index contributed by atoms with van der Waals surface area (Å²) in [6.07, 6.45) is 5.74. The van der Waals surface area contributed by atoms with Gasteiger partial charge in [-0.1, -0.05) is 62.4 Å². The molecule has 1 amide bonds. The molecule has 7 heteroatoms. The van der Waals surface area contributed by atoms with Gasteiger partial charge in [-0.3, -0.25) is 9.69 Å². The second-order valence-corrected chi connectivity index (χ2v) is 8.62. The number of thioether (sulfide) groups is 1. The van der Waals surface area contributed by atoms with Crippen LogP contribution in [-0.4, -0.2) is 50.5 Å². The van der Waals surface area contributed by atoms with Gasteiger partial charge in [0.1, 0.15) is 5.82 Å². The third kappa shape index (κ3) is 6.57. The standard InChI is InChI=1S/C22H33N5OS/c1-3-19(4-2)23-21(28)17-29-22-25-24-20(16-26-13-9-6-10-14-26)27(22)15-18-11-7-5-8-12-18/h5,7-8,11-12,19H,3-4,6,9-10,13-17H2,1-2H3,(H,23,28). The summed E-state index contributed by atoms with van der Waals surface area (Å²) < 4.78 is 2.18. The fourth-order valence-corrected chi connectivity index (χ4v) is 4.45. The van der Waals surface area contributed by atoms with E-state index in [1.165, 1.54) is 36.6 Å². The lowest BCUT2D eigenvalue weighted by molar-refractivity contribution is -0.119. The lowest BCUT2D eigenvalue weighted by Gasteiger charge is -2.26. The van der Waals surface area contributed by atoms with Crippen molar-refractivity contribution in [3.63, 3.8) is 0 Å². The highest BCUT2D eigenvalue weighted by Gasteiger charge is 2.19. The summed E-state index contributed by atoms with van der Waals surface area (Å²) in [5.74, 6) is 1.42. The van der Waals surface area contributed by atoms with Gasteiger partial charge >= 0.3 is 0 Å². The number of nitrogens with zero attached hydrogens (tertiary/aromatic N) is 4. The number of piperidine rings is 1. The molecule has 1 aliphatic heterocycles. The lowest BCUT2D eigenvalue weighted by Crippen LogP contribution is -2.35. The Kier molecular flexibility index (Phi) is 8.55. The van der Waals surface area contributed by atoms with Crippen LogP contribution in [0.15, 0.2) is 35.5 Å². The Balaban J connectivity index is 1.70. The summed E-state index contributed by atoms with van der Waals surface area (Å²) in [6.45, 7) is 8.00.